The van der Waals surface area contributed by atoms with Crippen molar-refractivity contribution in [2.45, 2.75) is 26.6 Å². The number of benzene rings is 1. The van der Waals surface area contributed by atoms with E-state index in [2.05, 4.69) is 15.1 Å². The molecule has 1 N–H and O–H groups in total. The normalized spacial score (nSPS) is 11.9. The number of para-hydroxylation sites is 1. The predicted molar refractivity (Wildman–Crippen MR) is 109 cm³/mol. The monoisotopic (exact) mass is 431 g/mol. The van der Waals surface area contributed by atoms with Crippen LogP contribution in [0.3, 0.4) is 0 Å². The molecule has 30 heavy (non-hydrogen) atoms. The van der Waals surface area contributed by atoms with Crippen LogP contribution in [0, 0.1) is 11.7 Å². The van der Waals surface area contributed by atoms with Crippen molar-refractivity contribution in [2.75, 3.05) is 0 Å². The number of halogens is 3. The van der Waals surface area contributed by atoms with E-state index >= 15 is 0 Å². The fourth-order valence-electron chi connectivity index (χ4n) is 3.31. The van der Waals surface area contributed by atoms with Gasteiger partial charge < -0.3 is 0 Å². The number of pyridine rings is 1. The summed E-state index contributed by atoms with van der Waals surface area (Å²) in [4.78, 5) is 19.3. The first-order valence-corrected chi connectivity index (χ1v) is 9.47. The van der Waals surface area contributed by atoms with Gasteiger partial charge in [-0.25, -0.2) is 4.98 Å². The molecule has 6 nitrogen and oxygen atoms in total. The molecular formula is C20H16F3N5OS. The van der Waals surface area contributed by atoms with Crippen LogP contribution in [0.25, 0.3) is 28.0 Å². The summed E-state index contributed by atoms with van der Waals surface area (Å²) in [6.45, 7) is 4.22. The Bertz CT molecular complexity index is 1380. The maximum atomic E-state index is 13.9. The third-order valence-corrected chi connectivity index (χ3v) is 5.06. The summed E-state index contributed by atoms with van der Waals surface area (Å²) in [5.41, 5.74) is -0.413. The molecule has 4 aromatic rings. The number of fused-ring (bicyclic) bond motifs is 1. The maximum Gasteiger partial charge on any atom is 0.417 e. The molecule has 1 aromatic carbocycles. The van der Waals surface area contributed by atoms with E-state index < -0.39 is 22.7 Å². The van der Waals surface area contributed by atoms with Gasteiger partial charge in [-0.3, -0.25) is 19.0 Å². The van der Waals surface area contributed by atoms with Gasteiger partial charge in [0.25, 0.3) is 5.56 Å². The van der Waals surface area contributed by atoms with Gasteiger partial charge in [0.1, 0.15) is 0 Å². The van der Waals surface area contributed by atoms with Gasteiger partial charge in [0.05, 0.1) is 28.5 Å². The first-order chi connectivity index (χ1) is 14.2. The van der Waals surface area contributed by atoms with Gasteiger partial charge in [0, 0.05) is 18.3 Å². The van der Waals surface area contributed by atoms with Crippen LogP contribution in [0.4, 0.5) is 13.2 Å². The number of aromatic amines is 1. The van der Waals surface area contributed by atoms with Crippen LogP contribution in [0.15, 0.2) is 47.5 Å². The zero-order valence-corrected chi connectivity index (χ0v) is 16.8. The molecule has 0 bridgehead atoms. The number of hydrogen-bond donors (Lipinski definition) is 1. The van der Waals surface area contributed by atoms with Gasteiger partial charge in [0.15, 0.2) is 10.4 Å². The number of rotatable bonds is 3. The second kappa shape index (κ2) is 7.21. The van der Waals surface area contributed by atoms with Crippen molar-refractivity contribution in [2.24, 2.45) is 0 Å². The summed E-state index contributed by atoms with van der Waals surface area (Å²) in [7, 11) is 0. The lowest BCUT2D eigenvalue weighted by molar-refractivity contribution is -0.136. The smallest absolute Gasteiger partial charge is 0.298 e. The molecule has 0 radical (unpaired) electrons. The van der Waals surface area contributed by atoms with E-state index in [1.807, 2.05) is 6.92 Å². The van der Waals surface area contributed by atoms with E-state index in [1.165, 1.54) is 10.8 Å². The average molecular weight is 431 g/mol. The van der Waals surface area contributed by atoms with Crippen molar-refractivity contribution < 1.29 is 13.2 Å². The lowest BCUT2D eigenvalue weighted by Gasteiger charge is -2.16. The zero-order valence-electron chi connectivity index (χ0n) is 16.0. The van der Waals surface area contributed by atoms with Crippen molar-refractivity contribution in [1.29, 1.82) is 0 Å². The molecule has 0 spiro atoms. The van der Waals surface area contributed by atoms with Gasteiger partial charge in [-0.1, -0.05) is 18.2 Å². The predicted octanol–water partition coefficient (Wildman–Crippen LogP) is 4.65. The first-order valence-electron chi connectivity index (χ1n) is 9.07. The minimum Gasteiger partial charge on any atom is -0.298 e. The van der Waals surface area contributed by atoms with Crippen molar-refractivity contribution in [3.63, 3.8) is 0 Å². The average Bonchev–Trinajstić information content (AvgIpc) is 3.17. The van der Waals surface area contributed by atoms with Crippen LogP contribution < -0.4 is 5.56 Å². The molecule has 10 heteroatoms. The van der Waals surface area contributed by atoms with Crippen LogP contribution in [0.1, 0.15) is 18.1 Å². The number of aryl methyl sites for hydroxylation is 2. The highest BCUT2D eigenvalue weighted by Gasteiger charge is 2.36. The molecule has 0 aliphatic rings. The molecule has 154 valence electrons. The second-order valence-electron chi connectivity index (χ2n) is 6.72. The number of H-pyrrole nitrogens is 1. The van der Waals surface area contributed by atoms with Crippen LogP contribution in [0.5, 0.6) is 0 Å². The molecular weight excluding hydrogens is 415 g/mol. The Balaban J connectivity index is 2.18. The standard InChI is InChI=1S/C20H16F3N5OS/c1-3-27-10-12(9-24-27)14-8-13(20(21,22)23)16-17(25-14)28(19(30)26-18(16)29)15-7-5-4-6-11(15)2/h4-10H,3H2,1-2H3,(H,26,29,30). The fraction of sp³-hybridized carbons (Fsp3) is 0.200. The third-order valence-electron chi connectivity index (χ3n) is 4.78. The number of nitrogens with zero attached hydrogens (tertiary/aromatic N) is 4. The van der Waals surface area contributed by atoms with Crippen LogP contribution >= 0.6 is 12.2 Å². The highest BCUT2D eigenvalue weighted by atomic mass is 32.1. The van der Waals surface area contributed by atoms with Crippen molar-refractivity contribution >= 4 is 23.3 Å². The Morgan fingerprint density at radius 3 is 2.60 bits per heavy atom. The summed E-state index contributed by atoms with van der Waals surface area (Å²) in [6, 6.07) is 7.92. The van der Waals surface area contributed by atoms with Gasteiger partial charge in [0.2, 0.25) is 0 Å². The van der Waals surface area contributed by atoms with Gasteiger partial charge in [-0.15, -0.1) is 0 Å². The van der Waals surface area contributed by atoms with Gasteiger partial charge >= 0.3 is 6.18 Å². The number of hydrogen-bond acceptors (Lipinski definition) is 4. The van der Waals surface area contributed by atoms with Gasteiger partial charge in [-0.2, -0.15) is 18.3 Å². The molecule has 0 aliphatic carbocycles. The molecule has 0 amide bonds. The molecule has 4 rings (SSSR count). The largest absolute Gasteiger partial charge is 0.417 e. The van der Waals surface area contributed by atoms with Crippen LogP contribution in [-0.4, -0.2) is 24.3 Å². The van der Waals surface area contributed by atoms with E-state index in [9.17, 15) is 18.0 Å². The Hall–Kier alpha value is -3.27. The highest BCUT2D eigenvalue weighted by molar-refractivity contribution is 7.71. The maximum absolute atomic E-state index is 13.9. The zero-order chi connectivity index (χ0) is 21.6. The van der Waals surface area contributed by atoms with Crippen LogP contribution in [0.2, 0.25) is 0 Å². The summed E-state index contributed by atoms with van der Waals surface area (Å²) in [5.74, 6) is 0. The van der Waals surface area contributed by atoms with E-state index in [0.29, 0.717) is 17.8 Å². The quantitative estimate of drug-likeness (QED) is 0.480. The molecule has 0 aliphatic heterocycles. The SMILES string of the molecule is CCn1cc(-c2cc(C(F)(F)F)c3c(=O)[nH]c(=S)n(-c4ccccc4C)c3n2)cn1. The topological polar surface area (TPSA) is 68.5 Å². The Morgan fingerprint density at radius 1 is 1.23 bits per heavy atom. The Kier molecular flexibility index (Phi) is 4.81. The molecule has 0 saturated carbocycles. The van der Waals surface area contributed by atoms with Crippen LogP contribution in [-0.2, 0) is 12.7 Å². The van der Waals surface area contributed by atoms with Crippen molar-refractivity contribution in [3.8, 4) is 16.9 Å². The molecule has 3 aromatic heterocycles. The summed E-state index contributed by atoms with van der Waals surface area (Å²) < 4.78 is 44.7. The number of aromatic nitrogens is 5. The Labute approximate surface area is 173 Å². The minimum atomic E-state index is -4.77. The number of nitrogens with one attached hydrogen (secondary N) is 1. The van der Waals surface area contributed by atoms with E-state index in [-0.39, 0.29) is 16.1 Å². The van der Waals surface area contributed by atoms with Crippen molar-refractivity contribution in [1.82, 2.24) is 24.3 Å². The fourth-order valence-corrected chi connectivity index (χ4v) is 3.58. The van der Waals surface area contributed by atoms with E-state index in [1.54, 1.807) is 42.1 Å². The molecule has 0 unspecified atom stereocenters. The van der Waals surface area contributed by atoms with E-state index in [0.717, 1.165) is 11.6 Å². The van der Waals surface area contributed by atoms with Gasteiger partial charge in [-0.05, 0) is 43.8 Å². The summed E-state index contributed by atoms with van der Waals surface area (Å²) in [6.07, 6.45) is -1.72. The molecule has 0 saturated heterocycles. The lowest BCUT2D eigenvalue weighted by Crippen LogP contribution is -2.20. The minimum absolute atomic E-state index is 0.0381. The third kappa shape index (κ3) is 3.32. The highest BCUT2D eigenvalue weighted by Crippen LogP contribution is 2.36. The lowest BCUT2D eigenvalue weighted by atomic mass is 10.1. The summed E-state index contributed by atoms with van der Waals surface area (Å²) >= 11 is 5.30. The second-order valence-corrected chi connectivity index (χ2v) is 7.10. The molecule has 0 atom stereocenters. The molecule has 3 heterocycles. The molecule has 0 fully saturated rings. The van der Waals surface area contributed by atoms with Crippen molar-refractivity contribution in [3.05, 3.63) is 69.0 Å². The number of alkyl halides is 3. The summed E-state index contributed by atoms with van der Waals surface area (Å²) in [5, 5.41) is 3.55. The Morgan fingerprint density at radius 2 is 1.97 bits per heavy atom. The van der Waals surface area contributed by atoms with E-state index in [4.69, 9.17) is 12.2 Å². The first kappa shape index (κ1) is 20.0.